The van der Waals surface area contributed by atoms with Crippen molar-refractivity contribution in [2.45, 2.75) is 0 Å². The zero-order valence-corrected chi connectivity index (χ0v) is 16.3. The van der Waals surface area contributed by atoms with Crippen LogP contribution in [-0.4, -0.2) is 69.1 Å². The Kier molecular flexibility index (Phi) is 6.26. The second-order valence-corrected chi connectivity index (χ2v) is 8.81. The lowest BCUT2D eigenvalue weighted by atomic mass is 10.0. The van der Waals surface area contributed by atoms with Crippen LogP contribution in [0.3, 0.4) is 0 Å². The van der Waals surface area contributed by atoms with Crippen molar-refractivity contribution in [2.24, 2.45) is 0 Å². The first-order valence-electron chi connectivity index (χ1n) is 9.06. The summed E-state index contributed by atoms with van der Waals surface area (Å²) in [6.07, 6.45) is 0. The van der Waals surface area contributed by atoms with Crippen molar-refractivity contribution in [1.29, 1.82) is 0 Å². The van der Waals surface area contributed by atoms with Crippen LogP contribution in [-0.2, 0) is 10.0 Å². The standard InChI is InChI=1S/C20H25N3O3S/c1-22-12-14-23(15-13-22)27(25,26)16-11-21-20(24)19-9-7-18(8-10-19)17-5-3-2-4-6-17/h2-10H,11-16H2,1H3,(H,21,24). The van der Waals surface area contributed by atoms with Crippen LogP contribution in [0.25, 0.3) is 11.1 Å². The Balaban J connectivity index is 1.52. The topological polar surface area (TPSA) is 69.7 Å². The maximum Gasteiger partial charge on any atom is 0.251 e. The first-order valence-corrected chi connectivity index (χ1v) is 10.7. The molecule has 0 atom stereocenters. The lowest BCUT2D eigenvalue weighted by Gasteiger charge is -2.31. The van der Waals surface area contributed by atoms with E-state index in [0.29, 0.717) is 18.7 Å². The van der Waals surface area contributed by atoms with Crippen LogP contribution in [0, 0.1) is 0 Å². The molecule has 0 spiro atoms. The van der Waals surface area contributed by atoms with E-state index in [1.807, 2.05) is 49.5 Å². The van der Waals surface area contributed by atoms with E-state index in [2.05, 4.69) is 10.2 Å². The second-order valence-electron chi connectivity index (χ2n) is 6.72. The van der Waals surface area contributed by atoms with Gasteiger partial charge in [0.05, 0.1) is 5.75 Å². The number of benzene rings is 2. The third kappa shape index (κ3) is 5.15. The van der Waals surface area contributed by atoms with E-state index < -0.39 is 10.0 Å². The molecule has 27 heavy (non-hydrogen) atoms. The normalized spacial score (nSPS) is 16.2. The van der Waals surface area contributed by atoms with Gasteiger partial charge >= 0.3 is 0 Å². The highest BCUT2D eigenvalue weighted by molar-refractivity contribution is 7.89. The van der Waals surface area contributed by atoms with Crippen LogP contribution in [0.2, 0.25) is 0 Å². The van der Waals surface area contributed by atoms with Crippen molar-refractivity contribution in [3.63, 3.8) is 0 Å². The summed E-state index contributed by atoms with van der Waals surface area (Å²) in [6, 6.07) is 17.2. The minimum Gasteiger partial charge on any atom is -0.351 e. The minimum atomic E-state index is -3.34. The van der Waals surface area contributed by atoms with Gasteiger partial charge in [-0.25, -0.2) is 8.42 Å². The van der Waals surface area contributed by atoms with Gasteiger partial charge in [-0.2, -0.15) is 4.31 Å². The van der Waals surface area contributed by atoms with Crippen LogP contribution in [0.5, 0.6) is 0 Å². The molecule has 2 aromatic carbocycles. The molecule has 144 valence electrons. The largest absolute Gasteiger partial charge is 0.351 e. The number of nitrogens with one attached hydrogen (secondary N) is 1. The lowest BCUT2D eigenvalue weighted by molar-refractivity contribution is 0.0956. The van der Waals surface area contributed by atoms with E-state index in [1.165, 1.54) is 4.31 Å². The van der Waals surface area contributed by atoms with Gasteiger partial charge in [-0.05, 0) is 30.3 Å². The van der Waals surface area contributed by atoms with E-state index in [-0.39, 0.29) is 18.2 Å². The smallest absolute Gasteiger partial charge is 0.251 e. The highest BCUT2D eigenvalue weighted by Gasteiger charge is 2.25. The molecule has 1 amide bonds. The molecule has 7 heteroatoms. The number of carbonyl (C=O) groups excluding carboxylic acids is 1. The Morgan fingerprint density at radius 3 is 2.15 bits per heavy atom. The highest BCUT2D eigenvalue weighted by atomic mass is 32.2. The Morgan fingerprint density at radius 1 is 0.926 bits per heavy atom. The van der Waals surface area contributed by atoms with E-state index in [1.54, 1.807) is 12.1 Å². The molecule has 0 aromatic heterocycles. The van der Waals surface area contributed by atoms with E-state index >= 15 is 0 Å². The van der Waals surface area contributed by atoms with Crippen molar-refractivity contribution in [1.82, 2.24) is 14.5 Å². The molecule has 1 aliphatic rings. The fourth-order valence-corrected chi connectivity index (χ4v) is 4.37. The Bertz CT molecular complexity index is 859. The van der Waals surface area contributed by atoms with Gasteiger partial charge in [0.2, 0.25) is 10.0 Å². The number of sulfonamides is 1. The van der Waals surface area contributed by atoms with Gasteiger partial charge < -0.3 is 10.2 Å². The maximum atomic E-state index is 12.4. The van der Waals surface area contributed by atoms with Crippen molar-refractivity contribution in [3.05, 3.63) is 60.2 Å². The summed E-state index contributed by atoms with van der Waals surface area (Å²) < 4.78 is 26.2. The van der Waals surface area contributed by atoms with Gasteiger partial charge in [0.25, 0.3) is 5.91 Å². The van der Waals surface area contributed by atoms with E-state index in [0.717, 1.165) is 24.2 Å². The average molecular weight is 388 g/mol. The quantitative estimate of drug-likeness (QED) is 0.819. The maximum absolute atomic E-state index is 12.4. The zero-order chi connectivity index (χ0) is 19.3. The molecule has 1 aliphatic heterocycles. The third-order valence-electron chi connectivity index (χ3n) is 4.76. The fourth-order valence-electron chi connectivity index (χ4n) is 3.04. The Hall–Kier alpha value is -2.22. The SMILES string of the molecule is CN1CCN(S(=O)(=O)CCNC(=O)c2ccc(-c3ccccc3)cc2)CC1. The molecule has 0 aliphatic carbocycles. The number of likely N-dealkylation sites (N-methyl/N-ethyl adjacent to an activating group) is 1. The first kappa shape index (κ1) is 19.5. The summed E-state index contributed by atoms with van der Waals surface area (Å²) in [5, 5.41) is 2.71. The number of piperazine rings is 1. The van der Waals surface area contributed by atoms with Crippen molar-refractivity contribution in [2.75, 3.05) is 45.5 Å². The molecular formula is C20H25N3O3S. The summed E-state index contributed by atoms with van der Waals surface area (Å²) >= 11 is 0. The Morgan fingerprint density at radius 2 is 1.52 bits per heavy atom. The summed E-state index contributed by atoms with van der Waals surface area (Å²) in [4.78, 5) is 14.4. The van der Waals surface area contributed by atoms with Crippen molar-refractivity contribution in [3.8, 4) is 11.1 Å². The molecule has 0 unspecified atom stereocenters. The predicted molar refractivity (Wildman–Crippen MR) is 107 cm³/mol. The summed E-state index contributed by atoms with van der Waals surface area (Å²) in [5.74, 6) is -0.340. The molecule has 1 fully saturated rings. The molecule has 3 rings (SSSR count). The molecule has 2 aromatic rings. The van der Waals surface area contributed by atoms with Gasteiger partial charge in [0.15, 0.2) is 0 Å². The molecule has 1 saturated heterocycles. The van der Waals surface area contributed by atoms with Crippen LogP contribution >= 0.6 is 0 Å². The predicted octanol–water partition coefficient (Wildman–Crippen LogP) is 1.66. The van der Waals surface area contributed by atoms with Gasteiger partial charge in [-0.3, -0.25) is 4.79 Å². The number of rotatable bonds is 6. The lowest BCUT2D eigenvalue weighted by Crippen LogP contribution is -2.48. The van der Waals surface area contributed by atoms with Crippen LogP contribution in [0.15, 0.2) is 54.6 Å². The minimum absolute atomic E-state index is 0.0788. The number of nitrogens with zero attached hydrogens (tertiary/aromatic N) is 2. The van der Waals surface area contributed by atoms with Crippen LogP contribution in [0.4, 0.5) is 0 Å². The Labute approximate surface area is 160 Å². The molecule has 0 radical (unpaired) electrons. The zero-order valence-electron chi connectivity index (χ0n) is 15.5. The fraction of sp³-hybridized carbons (Fsp3) is 0.350. The summed E-state index contributed by atoms with van der Waals surface area (Å²) in [6.45, 7) is 2.59. The molecular weight excluding hydrogens is 362 g/mol. The number of carbonyl (C=O) groups is 1. The average Bonchev–Trinajstić information content (AvgIpc) is 2.69. The summed E-state index contributed by atoms with van der Waals surface area (Å²) in [7, 11) is -1.36. The first-order chi connectivity index (χ1) is 13.0. The van der Waals surface area contributed by atoms with Crippen LogP contribution in [0.1, 0.15) is 10.4 Å². The molecule has 0 bridgehead atoms. The highest BCUT2D eigenvalue weighted by Crippen LogP contribution is 2.19. The summed E-state index contributed by atoms with van der Waals surface area (Å²) in [5.41, 5.74) is 2.64. The molecule has 1 heterocycles. The van der Waals surface area contributed by atoms with Crippen molar-refractivity contribution >= 4 is 15.9 Å². The van der Waals surface area contributed by atoms with Gasteiger partial charge in [-0.1, -0.05) is 42.5 Å². The van der Waals surface area contributed by atoms with Gasteiger partial charge in [0, 0.05) is 38.3 Å². The molecule has 6 nitrogen and oxygen atoms in total. The van der Waals surface area contributed by atoms with Crippen molar-refractivity contribution < 1.29 is 13.2 Å². The number of hydrogen-bond acceptors (Lipinski definition) is 4. The van der Waals surface area contributed by atoms with Gasteiger partial charge in [-0.15, -0.1) is 0 Å². The monoisotopic (exact) mass is 387 g/mol. The number of hydrogen-bond donors (Lipinski definition) is 1. The van der Waals surface area contributed by atoms with E-state index in [9.17, 15) is 13.2 Å². The number of amides is 1. The second kappa shape index (κ2) is 8.65. The van der Waals surface area contributed by atoms with Gasteiger partial charge in [0.1, 0.15) is 0 Å². The molecule has 0 saturated carbocycles. The third-order valence-corrected chi connectivity index (χ3v) is 6.63. The molecule has 1 N–H and O–H groups in total. The van der Waals surface area contributed by atoms with Crippen LogP contribution < -0.4 is 5.32 Å². The van der Waals surface area contributed by atoms with E-state index in [4.69, 9.17) is 0 Å².